The number of rotatable bonds is 6. The summed E-state index contributed by atoms with van der Waals surface area (Å²) < 4.78 is 10.7. The van der Waals surface area contributed by atoms with Gasteiger partial charge < -0.3 is 14.8 Å². The minimum absolute atomic E-state index is 0.188. The van der Waals surface area contributed by atoms with E-state index in [1.54, 1.807) is 0 Å². The highest BCUT2D eigenvalue weighted by Crippen LogP contribution is 2.31. The number of hydrogen-bond acceptors (Lipinski definition) is 4. The summed E-state index contributed by atoms with van der Waals surface area (Å²) in [6.07, 6.45) is 3.45. The Morgan fingerprint density at radius 2 is 2.35 bits per heavy atom. The lowest BCUT2D eigenvalue weighted by molar-refractivity contribution is -0.145. The van der Waals surface area contributed by atoms with E-state index < -0.39 is 0 Å². The van der Waals surface area contributed by atoms with Crippen molar-refractivity contribution in [2.75, 3.05) is 19.8 Å². The molecule has 0 amide bonds. The summed E-state index contributed by atoms with van der Waals surface area (Å²) in [5.41, 5.74) is 2.17. The molecule has 1 aromatic rings. The number of carbonyl (C=O) groups is 1. The van der Waals surface area contributed by atoms with E-state index in [1.807, 2.05) is 19.1 Å². The molecule has 1 unspecified atom stereocenters. The Hall–Kier alpha value is -1.55. The van der Waals surface area contributed by atoms with Crippen LogP contribution in [-0.4, -0.2) is 25.7 Å². The van der Waals surface area contributed by atoms with Crippen LogP contribution in [0, 0.1) is 5.92 Å². The van der Waals surface area contributed by atoms with Crippen molar-refractivity contribution >= 4 is 5.97 Å². The van der Waals surface area contributed by atoms with E-state index in [2.05, 4.69) is 11.4 Å². The highest BCUT2D eigenvalue weighted by atomic mass is 16.5. The number of fused-ring (bicyclic) bond motifs is 1. The molecule has 108 valence electrons. The molecule has 1 aliphatic carbocycles. The van der Waals surface area contributed by atoms with Gasteiger partial charge in [-0.2, -0.15) is 0 Å². The van der Waals surface area contributed by atoms with Gasteiger partial charge in [0, 0.05) is 6.42 Å². The zero-order chi connectivity index (χ0) is 13.9. The van der Waals surface area contributed by atoms with Crippen molar-refractivity contribution in [2.45, 2.75) is 32.2 Å². The van der Waals surface area contributed by atoms with E-state index >= 15 is 0 Å². The number of carbonyl (C=O) groups excluding carboxylic acids is 1. The highest BCUT2D eigenvalue weighted by molar-refractivity contribution is 5.78. The second-order valence-electron chi connectivity index (χ2n) is 5.50. The van der Waals surface area contributed by atoms with Crippen LogP contribution in [0.5, 0.6) is 5.75 Å². The molecule has 1 atom stereocenters. The number of ether oxygens (including phenoxy) is 2. The van der Waals surface area contributed by atoms with Crippen LogP contribution >= 0.6 is 0 Å². The van der Waals surface area contributed by atoms with Crippen LogP contribution in [0.1, 0.15) is 36.9 Å². The molecule has 4 heteroatoms. The van der Waals surface area contributed by atoms with Crippen LogP contribution in [0.15, 0.2) is 18.2 Å². The lowest BCUT2D eigenvalue weighted by atomic mass is 10.0. The van der Waals surface area contributed by atoms with Crippen molar-refractivity contribution in [2.24, 2.45) is 5.92 Å². The molecule has 20 heavy (non-hydrogen) atoms. The third-order valence-electron chi connectivity index (χ3n) is 3.88. The molecule has 1 saturated carbocycles. The molecule has 0 bridgehead atoms. The molecule has 1 N–H and O–H groups in total. The van der Waals surface area contributed by atoms with Crippen LogP contribution in [0.4, 0.5) is 0 Å². The molecular weight excluding hydrogens is 254 g/mol. The first-order valence-electron chi connectivity index (χ1n) is 7.43. The van der Waals surface area contributed by atoms with Gasteiger partial charge in [-0.1, -0.05) is 6.07 Å². The topological polar surface area (TPSA) is 47.6 Å². The monoisotopic (exact) mass is 275 g/mol. The molecule has 3 rings (SSSR count). The molecule has 2 aliphatic rings. The maximum atomic E-state index is 12.2. The van der Waals surface area contributed by atoms with Gasteiger partial charge in [-0.15, -0.1) is 0 Å². The molecule has 0 aromatic heterocycles. The number of esters is 1. The Kier molecular flexibility index (Phi) is 3.92. The molecule has 1 fully saturated rings. The summed E-state index contributed by atoms with van der Waals surface area (Å²) in [7, 11) is 0. The third kappa shape index (κ3) is 2.96. The van der Waals surface area contributed by atoms with Gasteiger partial charge in [-0.25, -0.2) is 4.79 Å². The Bertz CT molecular complexity index is 496. The zero-order valence-electron chi connectivity index (χ0n) is 11.9. The first kappa shape index (κ1) is 13.4. The molecule has 1 aliphatic heterocycles. The number of hydrogen-bond donors (Lipinski definition) is 1. The van der Waals surface area contributed by atoms with Crippen LogP contribution in [0.3, 0.4) is 0 Å². The molecule has 0 radical (unpaired) electrons. The van der Waals surface area contributed by atoms with Crippen LogP contribution in [0.25, 0.3) is 0 Å². The van der Waals surface area contributed by atoms with Crippen LogP contribution in [-0.2, 0) is 16.0 Å². The van der Waals surface area contributed by atoms with Crippen molar-refractivity contribution in [3.05, 3.63) is 29.3 Å². The van der Waals surface area contributed by atoms with E-state index in [0.29, 0.717) is 6.61 Å². The van der Waals surface area contributed by atoms with Gasteiger partial charge in [0.1, 0.15) is 11.8 Å². The largest absolute Gasteiger partial charge is 0.493 e. The van der Waals surface area contributed by atoms with Gasteiger partial charge in [-0.3, -0.25) is 0 Å². The maximum absolute atomic E-state index is 12.2. The lowest BCUT2D eigenvalue weighted by Gasteiger charge is -2.18. The van der Waals surface area contributed by atoms with E-state index in [0.717, 1.165) is 36.8 Å². The van der Waals surface area contributed by atoms with Gasteiger partial charge in [0.2, 0.25) is 0 Å². The first-order chi connectivity index (χ1) is 9.78. The molecule has 1 heterocycles. The molecular formula is C16H21NO3. The molecule has 4 nitrogen and oxygen atoms in total. The fourth-order valence-corrected chi connectivity index (χ4v) is 2.56. The van der Waals surface area contributed by atoms with Crippen LogP contribution in [0.2, 0.25) is 0 Å². The Morgan fingerprint density at radius 3 is 3.10 bits per heavy atom. The fraction of sp³-hybridized carbons (Fsp3) is 0.562. The number of benzene rings is 1. The van der Waals surface area contributed by atoms with Crippen molar-refractivity contribution in [1.29, 1.82) is 0 Å². The zero-order valence-corrected chi connectivity index (χ0v) is 11.9. The number of nitrogens with one attached hydrogen (secondary N) is 1. The van der Waals surface area contributed by atoms with Crippen molar-refractivity contribution in [3.63, 3.8) is 0 Å². The van der Waals surface area contributed by atoms with E-state index in [-0.39, 0.29) is 12.0 Å². The standard InChI is InChI=1S/C16H21NO3/c1-2-19-16(18)15(17-10-11-3-4-11)13-5-6-14-12(9-13)7-8-20-14/h5-6,9,11,15,17H,2-4,7-8,10H2,1H3. The fourth-order valence-electron chi connectivity index (χ4n) is 2.56. The van der Waals surface area contributed by atoms with Crippen molar-refractivity contribution < 1.29 is 14.3 Å². The van der Waals surface area contributed by atoms with Gasteiger partial charge >= 0.3 is 5.97 Å². The molecule has 0 saturated heterocycles. The quantitative estimate of drug-likeness (QED) is 0.809. The minimum atomic E-state index is -0.360. The predicted octanol–water partition coefficient (Wildman–Crippen LogP) is 2.23. The average molecular weight is 275 g/mol. The van der Waals surface area contributed by atoms with E-state index in [9.17, 15) is 4.79 Å². The summed E-state index contributed by atoms with van der Waals surface area (Å²) >= 11 is 0. The second kappa shape index (κ2) is 5.83. The Balaban J connectivity index is 1.77. The predicted molar refractivity (Wildman–Crippen MR) is 75.7 cm³/mol. The Morgan fingerprint density at radius 1 is 1.50 bits per heavy atom. The summed E-state index contributed by atoms with van der Waals surface area (Å²) in [5, 5.41) is 3.36. The lowest BCUT2D eigenvalue weighted by Crippen LogP contribution is -2.31. The first-order valence-corrected chi connectivity index (χ1v) is 7.43. The normalized spacial score (nSPS) is 18.2. The van der Waals surface area contributed by atoms with Gasteiger partial charge in [0.15, 0.2) is 0 Å². The molecule has 1 aromatic carbocycles. The summed E-state index contributed by atoms with van der Waals surface area (Å²) in [6.45, 7) is 3.87. The Labute approximate surface area is 119 Å². The van der Waals surface area contributed by atoms with E-state index in [4.69, 9.17) is 9.47 Å². The third-order valence-corrected chi connectivity index (χ3v) is 3.88. The summed E-state index contributed by atoms with van der Waals surface area (Å²) in [6, 6.07) is 5.64. The summed E-state index contributed by atoms with van der Waals surface area (Å²) in [5.74, 6) is 1.48. The maximum Gasteiger partial charge on any atom is 0.327 e. The average Bonchev–Trinajstić information content (AvgIpc) is 3.15. The van der Waals surface area contributed by atoms with E-state index in [1.165, 1.54) is 18.4 Å². The smallest absolute Gasteiger partial charge is 0.327 e. The SMILES string of the molecule is CCOC(=O)C(NCC1CC1)c1ccc2c(c1)CCO2. The molecule has 0 spiro atoms. The summed E-state index contributed by atoms with van der Waals surface area (Å²) in [4.78, 5) is 12.2. The van der Waals surface area contributed by atoms with Crippen molar-refractivity contribution in [1.82, 2.24) is 5.32 Å². The van der Waals surface area contributed by atoms with Gasteiger partial charge in [-0.05, 0) is 55.5 Å². The van der Waals surface area contributed by atoms with Gasteiger partial charge in [0.25, 0.3) is 0 Å². The van der Waals surface area contributed by atoms with Crippen molar-refractivity contribution in [3.8, 4) is 5.75 Å². The second-order valence-corrected chi connectivity index (χ2v) is 5.50. The van der Waals surface area contributed by atoms with Gasteiger partial charge in [0.05, 0.1) is 13.2 Å². The minimum Gasteiger partial charge on any atom is -0.493 e. The highest BCUT2D eigenvalue weighted by Gasteiger charge is 2.27. The van der Waals surface area contributed by atoms with Crippen LogP contribution < -0.4 is 10.1 Å².